The van der Waals surface area contributed by atoms with Crippen molar-refractivity contribution in [2.24, 2.45) is 10.7 Å². The lowest BCUT2D eigenvalue weighted by atomic mass is 10.1. The van der Waals surface area contributed by atoms with E-state index in [-0.39, 0.29) is 11.5 Å². The summed E-state index contributed by atoms with van der Waals surface area (Å²) in [6, 6.07) is 11.9. The van der Waals surface area contributed by atoms with E-state index in [1.54, 1.807) is 17.0 Å². The van der Waals surface area contributed by atoms with E-state index in [0.29, 0.717) is 81.1 Å². The number of carbonyl (C=O) groups excluding carboxylic acids is 1. The van der Waals surface area contributed by atoms with Gasteiger partial charge in [0.1, 0.15) is 11.9 Å². The average molecular weight is 524 g/mol. The van der Waals surface area contributed by atoms with Crippen molar-refractivity contribution >= 4 is 36.6 Å². The zero-order valence-electron chi connectivity index (χ0n) is 20.8. The summed E-state index contributed by atoms with van der Waals surface area (Å²) < 4.78 is 37.4. The maximum Gasteiger partial charge on any atom is 0.256 e. The number of carbonyl (C=O) groups is 1. The van der Waals surface area contributed by atoms with Gasteiger partial charge in [0.15, 0.2) is 0 Å². The molecule has 0 bridgehead atoms. The van der Waals surface area contributed by atoms with E-state index in [2.05, 4.69) is 16.4 Å². The predicted molar refractivity (Wildman–Crippen MR) is 143 cm³/mol. The molecule has 1 saturated carbocycles. The van der Waals surface area contributed by atoms with Gasteiger partial charge in [0.05, 0.1) is 24.3 Å². The lowest BCUT2D eigenvalue weighted by molar-refractivity contribution is 0.0746. The first-order valence-electron chi connectivity index (χ1n) is 12.7. The molecule has 1 aliphatic carbocycles. The van der Waals surface area contributed by atoms with Gasteiger partial charge in [-0.25, -0.2) is 9.15 Å². The molecule has 37 heavy (non-hydrogen) atoms. The molecule has 2 aromatic carbocycles. The molecule has 10 heteroatoms. The molecule has 3 fully saturated rings. The summed E-state index contributed by atoms with van der Waals surface area (Å²) in [5, 5.41) is 9.57. The van der Waals surface area contributed by atoms with E-state index < -0.39 is 13.1 Å². The van der Waals surface area contributed by atoms with Gasteiger partial charge in [0.2, 0.25) is 7.29 Å². The van der Waals surface area contributed by atoms with Crippen LogP contribution in [0, 0.1) is 23.1 Å². The number of benzene rings is 2. The van der Waals surface area contributed by atoms with E-state index in [9.17, 15) is 13.8 Å². The maximum atomic E-state index is 14.1. The molecular formula is C27H31FN5O3P. The molecule has 194 valence electrons. The van der Waals surface area contributed by atoms with Gasteiger partial charge in [0, 0.05) is 62.1 Å². The zero-order valence-corrected chi connectivity index (χ0v) is 21.7. The summed E-state index contributed by atoms with van der Waals surface area (Å²) in [5.74, 6) is -0.248. The Morgan fingerprint density at radius 3 is 2.43 bits per heavy atom. The quantitative estimate of drug-likeness (QED) is 0.408. The van der Waals surface area contributed by atoms with Crippen molar-refractivity contribution in [3.8, 4) is 6.07 Å². The zero-order chi connectivity index (χ0) is 26.0. The summed E-state index contributed by atoms with van der Waals surface area (Å²) in [6.07, 6.45) is 2.62. The summed E-state index contributed by atoms with van der Waals surface area (Å²) >= 11 is 0. The van der Waals surface area contributed by atoms with Crippen LogP contribution >= 0.6 is 7.29 Å². The molecule has 2 aromatic rings. The number of piperazine rings is 1. The third-order valence-corrected chi connectivity index (χ3v) is 9.96. The number of amides is 1. The second-order valence-electron chi connectivity index (χ2n) is 9.83. The third kappa shape index (κ3) is 5.41. The number of rotatable bonds is 7. The molecule has 2 saturated heterocycles. The van der Waals surface area contributed by atoms with E-state index in [4.69, 9.17) is 10.00 Å². The second-order valence-corrected chi connectivity index (χ2v) is 12.4. The normalized spacial score (nSPS) is 19.7. The summed E-state index contributed by atoms with van der Waals surface area (Å²) in [4.78, 5) is 19.8. The summed E-state index contributed by atoms with van der Waals surface area (Å²) in [6.45, 7) is 8.17. The van der Waals surface area contributed by atoms with Crippen LogP contribution in [0.4, 0.5) is 15.8 Å². The Morgan fingerprint density at radius 1 is 1.08 bits per heavy atom. The van der Waals surface area contributed by atoms with Gasteiger partial charge in [-0.3, -0.25) is 9.36 Å². The molecule has 2 heterocycles. The number of halogens is 1. The molecule has 8 nitrogen and oxygen atoms in total. The fourth-order valence-electron chi connectivity index (χ4n) is 5.02. The number of ether oxygens (including phenoxy) is 1. The molecule has 3 aliphatic rings. The van der Waals surface area contributed by atoms with Gasteiger partial charge < -0.3 is 19.4 Å². The third-order valence-electron chi connectivity index (χ3n) is 7.40. The van der Waals surface area contributed by atoms with E-state index in [0.717, 1.165) is 18.5 Å². The molecule has 0 spiro atoms. The highest BCUT2D eigenvalue weighted by Gasteiger charge is 2.35. The SMILES string of the molecule is C=NP(=O)(CC1CC1)c1ccc(N2CCOCC2)c(C(=O)N2CCN(c3ccc(C#N)c(F)c3)CC2)c1. The van der Waals surface area contributed by atoms with Gasteiger partial charge in [-0.1, -0.05) is 0 Å². The average Bonchev–Trinajstić information content (AvgIpc) is 3.76. The van der Waals surface area contributed by atoms with Crippen molar-refractivity contribution in [3.05, 3.63) is 53.3 Å². The highest BCUT2D eigenvalue weighted by molar-refractivity contribution is 7.70. The van der Waals surface area contributed by atoms with E-state index in [1.807, 2.05) is 23.1 Å². The molecule has 5 rings (SSSR count). The van der Waals surface area contributed by atoms with Crippen LogP contribution in [0.3, 0.4) is 0 Å². The van der Waals surface area contributed by atoms with Gasteiger partial charge in [-0.15, -0.1) is 0 Å². The van der Waals surface area contributed by atoms with Crippen LogP contribution in [0.5, 0.6) is 0 Å². The smallest absolute Gasteiger partial charge is 0.256 e. The summed E-state index contributed by atoms with van der Waals surface area (Å²) in [5.41, 5.74) is 2.05. The molecule has 1 amide bonds. The van der Waals surface area contributed by atoms with Gasteiger partial charge in [-0.2, -0.15) is 5.26 Å². The fourth-order valence-corrected chi connectivity index (χ4v) is 7.21. The number of nitriles is 1. The molecular weight excluding hydrogens is 492 g/mol. The minimum Gasteiger partial charge on any atom is -0.378 e. The van der Waals surface area contributed by atoms with Crippen LogP contribution in [0.1, 0.15) is 28.8 Å². The monoisotopic (exact) mass is 523 g/mol. The van der Waals surface area contributed by atoms with Crippen LogP contribution in [-0.4, -0.2) is 76.2 Å². The van der Waals surface area contributed by atoms with Crippen molar-refractivity contribution in [3.63, 3.8) is 0 Å². The standard InChI is InChI=1S/C27H31FN5O3P/c1-30-37(35,19-20-2-3-20)23-6-7-26(32-12-14-36-15-13-32)24(17-23)27(34)33-10-8-31(9-11-33)22-5-4-21(18-29)25(28)16-22/h4-7,16-17,20H,1-3,8-15,19H2. The first-order valence-corrected chi connectivity index (χ1v) is 14.5. The number of hydrogen-bond donors (Lipinski definition) is 0. The van der Waals surface area contributed by atoms with E-state index >= 15 is 0 Å². The highest BCUT2D eigenvalue weighted by Crippen LogP contribution is 2.52. The second kappa shape index (κ2) is 10.6. The lowest BCUT2D eigenvalue weighted by Gasteiger charge is -2.37. The van der Waals surface area contributed by atoms with Crippen molar-refractivity contribution in [1.29, 1.82) is 5.26 Å². The highest BCUT2D eigenvalue weighted by atomic mass is 31.2. The topological polar surface area (TPSA) is 89.2 Å². The van der Waals surface area contributed by atoms with Crippen LogP contribution in [0.2, 0.25) is 0 Å². The van der Waals surface area contributed by atoms with Crippen LogP contribution in [0.25, 0.3) is 0 Å². The largest absolute Gasteiger partial charge is 0.378 e. The molecule has 0 radical (unpaired) electrons. The van der Waals surface area contributed by atoms with Crippen molar-refractivity contribution in [2.75, 3.05) is 68.4 Å². The van der Waals surface area contributed by atoms with Gasteiger partial charge >= 0.3 is 0 Å². The number of morpholine rings is 1. The number of nitrogens with zero attached hydrogens (tertiary/aromatic N) is 5. The molecule has 1 unspecified atom stereocenters. The van der Waals surface area contributed by atoms with Crippen molar-refractivity contribution in [2.45, 2.75) is 12.8 Å². The predicted octanol–water partition coefficient (Wildman–Crippen LogP) is 3.51. The van der Waals surface area contributed by atoms with Gasteiger partial charge in [0.25, 0.3) is 5.91 Å². The van der Waals surface area contributed by atoms with Crippen LogP contribution < -0.4 is 15.1 Å². The molecule has 0 N–H and O–H groups in total. The Morgan fingerprint density at radius 2 is 1.81 bits per heavy atom. The Kier molecular flexibility index (Phi) is 7.32. The van der Waals surface area contributed by atoms with Crippen LogP contribution in [0.15, 0.2) is 41.2 Å². The minimum absolute atomic E-state index is 0.0149. The van der Waals surface area contributed by atoms with Gasteiger partial charge in [-0.05, 0) is 61.9 Å². The maximum absolute atomic E-state index is 14.1. The molecule has 0 aromatic heterocycles. The Labute approximate surface area is 216 Å². The summed E-state index contributed by atoms with van der Waals surface area (Å²) in [7, 11) is -3.04. The first-order chi connectivity index (χ1) is 17.9. The van der Waals surface area contributed by atoms with Crippen molar-refractivity contribution in [1.82, 2.24) is 4.90 Å². The molecule has 2 aliphatic heterocycles. The Balaban J connectivity index is 1.39. The van der Waals surface area contributed by atoms with Crippen LogP contribution in [-0.2, 0) is 9.30 Å². The number of hydrogen-bond acceptors (Lipinski definition) is 6. The first kappa shape index (κ1) is 25.4. The van der Waals surface area contributed by atoms with E-state index in [1.165, 1.54) is 12.1 Å². The Hall–Kier alpha value is -3.21. The molecule has 1 atom stereocenters. The minimum atomic E-state index is -3.04. The fraction of sp³-hybridized carbons (Fsp3) is 0.444. The van der Waals surface area contributed by atoms with Crippen molar-refractivity contribution < 1.29 is 18.5 Å². The number of anilines is 2. The Bertz CT molecular complexity index is 1280. The lowest BCUT2D eigenvalue weighted by Crippen LogP contribution is -2.49.